The van der Waals surface area contributed by atoms with Gasteiger partial charge in [-0.25, -0.2) is 4.98 Å². The Labute approximate surface area is 122 Å². The number of carbonyl (C=O) groups excluding carboxylic acids is 1. The molecule has 114 valence electrons. The van der Waals surface area contributed by atoms with Crippen LogP contribution in [-0.2, 0) is 9.53 Å². The predicted molar refractivity (Wildman–Crippen MR) is 77.3 cm³/mol. The van der Waals surface area contributed by atoms with Gasteiger partial charge < -0.3 is 19.5 Å². The van der Waals surface area contributed by atoms with Crippen LogP contribution in [0.15, 0.2) is 17.2 Å². The Morgan fingerprint density at radius 1 is 1.38 bits per heavy atom. The maximum Gasteiger partial charge on any atom is 0.293 e. The molecule has 1 N–H and O–H groups in total. The smallest absolute Gasteiger partial charge is 0.293 e. The molecule has 0 aromatic carbocycles. The summed E-state index contributed by atoms with van der Waals surface area (Å²) in [5.41, 5.74) is -0.0983. The zero-order valence-corrected chi connectivity index (χ0v) is 12.0. The minimum atomic E-state index is -0.0983. The van der Waals surface area contributed by atoms with E-state index in [-0.39, 0.29) is 11.5 Å². The van der Waals surface area contributed by atoms with Gasteiger partial charge in [0.05, 0.1) is 13.2 Å². The first kappa shape index (κ1) is 14.1. The molecule has 1 aromatic rings. The highest BCUT2D eigenvalue weighted by atomic mass is 16.5. The first-order chi connectivity index (χ1) is 10.3. The summed E-state index contributed by atoms with van der Waals surface area (Å²) in [6.45, 7) is 2.93. The second-order valence-electron chi connectivity index (χ2n) is 5.39. The highest BCUT2D eigenvalue weighted by Gasteiger charge is 2.25. The summed E-state index contributed by atoms with van der Waals surface area (Å²) in [6, 6.07) is 0.330. The SMILES string of the molecule is O=C(CCNc1nccn(C2CC2)c1=O)N1CCOCC1. The van der Waals surface area contributed by atoms with Gasteiger partial charge >= 0.3 is 0 Å². The maximum absolute atomic E-state index is 12.2. The van der Waals surface area contributed by atoms with Crippen LogP contribution in [0.2, 0.25) is 0 Å². The highest BCUT2D eigenvalue weighted by molar-refractivity contribution is 5.76. The Bertz CT molecular complexity index is 562. The third-order valence-electron chi connectivity index (χ3n) is 3.80. The molecule has 2 heterocycles. The monoisotopic (exact) mass is 292 g/mol. The number of nitrogens with one attached hydrogen (secondary N) is 1. The zero-order valence-electron chi connectivity index (χ0n) is 12.0. The summed E-state index contributed by atoms with van der Waals surface area (Å²) < 4.78 is 6.94. The number of nitrogens with zero attached hydrogens (tertiary/aromatic N) is 3. The number of morpholine rings is 1. The summed E-state index contributed by atoms with van der Waals surface area (Å²) in [6.07, 6.45) is 5.83. The van der Waals surface area contributed by atoms with Crippen molar-refractivity contribution >= 4 is 11.7 Å². The lowest BCUT2D eigenvalue weighted by Gasteiger charge is -2.26. The van der Waals surface area contributed by atoms with Crippen LogP contribution >= 0.6 is 0 Å². The minimum absolute atomic E-state index is 0.0873. The molecule has 0 spiro atoms. The van der Waals surface area contributed by atoms with Gasteiger partial charge in [-0.3, -0.25) is 9.59 Å². The summed E-state index contributed by atoms with van der Waals surface area (Å²) in [5, 5.41) is 2.98. The molecular formula is C14H20N4O3. The Hall–Kier alpha value is -1.89. The third-order valence-corrected chi connectivity index (χ3v) is 3.80. The van der Waals surface area contributed by atoms with Crippen LogP contribution in [0, 0.1) is 0 Å². The van der Waals surface area contributed by atoms with Crippen molar-refractivity contribution < 1.29 is 9.53 Å². The minimum Gasteiger partial charge on any atom is -0.378 e. The van der Waals surface area contributed by atoms with E-state index < -0.39 is 0 Å². The fourth-order valence-electron chi connectivity index (χ4n) is 2.45. The van der Waals surface area contributed by atoms with Crippen molar-refractivity contribution in [3.8, 4) is 0 Å². The van der Waals surface area contributed by atoms with Crippen LogP contribution in [-0.4, -0.2) is 53.2 Å². The van der Waals surface area contributed by atoms with Crippen LogP contribution in [0.1, 0.15) is 25.3 Å². The number of carbonyl (C=O) groups is 1. The molecule has 0 bridgehead atoms. The van der Waals surface area contributed by atoms with Crippen molar-refractivity contribution in [3.05, 3.63) is 22.7 Å². The molecule has 7 nitrogen and oxygen atoms in total. The van der Waals surface area contributed by atoms with Crippen LogP contribution in [0.5, 0.6) is 0 Å². The average Bonchev–Trinajstić information content (AvgIpc) is 3.34. The van der Waals surface area contributed by atoms with Crippen molar-refractivity contribution in [2.45, 2.75) is 25.3 Å². The van der Waals surface area contributed by atoms with E-state index in [9.17, 15) is 9.59 Å². The number of amides is 1. The quantitative estimate of drug-likeness (QED) is 0.841. The van der Waals surface area contributed by atoms with Gasteiger partial charge in [-0.1, -0.05) is 0 Å². The maximum atomic E-state index is 12.2. The molecule has 3 rings (SSSR count). The summed E-state index contributed by atoms with van der Waals surface area (Å²) in [7, 11) is 0. The topological polar surface area (TPSA) is 76.5 Å². The summed E-state index contributed by atoms with van der Waals surface area (Å²) >= 11 is 0. The van der Waals surface area contributed by atoms with Gasteiger partial charge in [-0.15, -0.1) is 0 Å². The van der Waals surface area contributed by atoms with Crippen molar-refractivity contribution in [2.24, 2.45) is 0 Å². The van der Waals surface area contributed by atoms with Gasteiger partial charge in [0.25, 0.3) is 5.56 Å². The largest absolute Gasteiger partial charge is 0.378 e. The molecule has 2 aliphatic rings. The molecular weight excluding hydrogens is 272 g/mol. The molecule has 0 atom stereocenters. The second kappa shape index (κ2) is 6.26. The number of ether oxygens (including phenoxy) is 1. The predicted octanol–water partition coefficient (Wildman–Crippen LogP) is 0.239. The number of anilines is 1. The Balaban J connectivity index is 1.52. The van der Waals surface area contributed by atoms with Crippen LogP contribution in [0.4, 0.5) is 5.82 Å². The lowest BCUT2D eigenvalue weighted by atomic mass is 10.3. The molecule has 1 aromatic heterocycles. The molecule has 1 saturated heterocycles. The fourth-order valence-corrected chi connectivity index (χ4v) is 2.45. The van der Waals surface area contributed by atoms with E-state index in [1.807, 2.05) is 0 Å². The molecule has 1 amide bonds. The van der Waals surface area contributed by atoms with Crippen molar-refractivity contribution in [1.29, 1.82) is 0 Å². The van der Waals surface area contributed by atoms with E-state index in [2.05, 4.69) is 10.3 Å². The Morgan fingerprint density at radius 3 is 2.86 bits per heavy atom. The van der Waals surface area contributed by atoms with E-state index in [0.29, 0.717) is 51.1 Å². The standard InChI is InChI=1S/C14H20N4O3/c19-12(17-7-9-21-10-8-17)3-4-15-13-14(20)18(6-5-16-13)11-1-2-11/h5-6,11H,1-4,7-10H2,(H,15,16). The van der Waals surface area contributed by atoms with Gasteiger partial charge in [0.2, 0.25) is 5.91 Å². The van der Waals surface area contributed by atoms with E-state index >= 15 is 0 Å². The average molecular weight is 292 g/mol. The number of aromatic nitrogens is 2. The fraction of sp³-hybridized carbons (Fsp3) is 0.643. The van der Waals surface area contributed by atoms with E-state index in [1.165, 1.54) is 0 Å². The number of hydrogen-bond donors (Lipinski definition) is 1. The highest BCUT2D eigenvalue weighted by Crippen LogP contribution is 2.33. The zero-order chi connectivity index (χ0) is 14.7. The second-order valence-corrected chi connectivity index (χ2v) is 5.39. The Kier molecular flexibility index (Phi) is 4.19. The van der Waals surface area contributed by atoms with E-state index in [0.717, 1.165) is 12.8 Å². The normalized spacial score (nSPS) is 18.6. The Morgan fingerprint density at radius 2 is 2.14 bits per heavy atom. The molecule has 1 saturated carbocycles. The van der Waals surface area contributed by atoms with Crippen LogP contribution in [0.3, 0.4) is 0 Å². The van der Waals surface area contributed by atoms with Crippen molar-refractivity contribution in [3.63, 3.8) is 0 Å². The lowest BCUT2D eigenvalue weighted by Crippen LogP contribution is -2.41. The van der Waals surface area contributed by atoms with Gasteiger partial charge in [-0.05, 0) is 12.8 Å². The molecule has 0 radical (unpaired) electrons. The van der Waals surface area contributed by atoms with E-state index in [1.54, 1.807) is 21.9 Å². The lowest BCUT2D eigenvalue weighted by molar-refractivity contribution is -0.134. The molecule has 21 heavy (non-hydrogen) atoms. The van der Waals surface area contributed by atoms with Crippen molar-refractivity contribution in [1.82, 2.24) is 14.5 Å². The van der Waals surface area contributed by atoms with E-state index in [4.69, 9.17) is 4.74 Å². The van der Waals surface area contributed by atoms with Gasteiger partial charge in [0, 0.05) is 44.5 Å². The number of hydrogen-bond acceptors (Lipinski definition) is 5. The van der Waals surface area contributed by atoms with Gasteiger partial charge in [0.1, 0.15) is 0 Å². The first-order valence-corrected chi connectivity index (χ1v) is 7.42. The summed E-state index contributed by atoms with van der Waals surface area (Å²) in [5.74, 6) is 0.420. The van der Waals surface area contributed by atoms with Gasteiger partial charge in [0.15, 0.2) is 5.82 Å². The molecule has 2 fully saturated rings. The molecule has 1 aliphatic carbocycles. The third kappa shape index (κ3) is 3.41. The van der Waals surface area contributed by atoms with Crippen molar-refractivity contribution in [2.75, 3.05) is 38.2 Å². The first-order valence-electron chi connectivity index (χ1n) is 7.42. The van der Waals surface area contributed by atoms with Gasteiger partial charge in [-0.2, -0.15) is 0 Å². The molecule has 0 unspecified atom stereocenters. The molecule has 1 aliphatic heterocycles. The summed E-state index contributed by atoms with van der Waals surface area (Å²) in [4.78, 5) is 30.0. The molecule has 7 heteroatoms. The van der Waals surface area contributed by atoms with Crippen LogP contribution in [0.25, 0.3) is 0 Å². The number of rotatable bonds is 5. The van der Waals surface area contributed by atoms with Crippen LogP contribution < -0.4 is 10.9 Å².